The Kier molecular flexibility index (Phi) is 9.31. The van der Waals surface area contributed by atoms with Crippen LogP contribution < -0.4 is 5.32 Å². The maximum absolute atomic E-state index is 11.2. The Morgan fingerprint density at radius 3 is 2.62 bits per heavy atom. The molecule has 1 unspecified atom stereocenters. The van der Waals surface area contributed by atoms with Crippen LogP contribution in [0.25, 0.3) is 0 Å². The van der Waals surface area contributed by atoms with Gasteiger partial charge in [-0.2, -0.15) is 0 Å². The molecule has 1 N–H and O–H groups in total. The highest BCUT2D eigenvalue weighted by Gasteiger charge is 2.09. The van der Waals surface area contributed by atoms with Crippen molar-refractivity contribution in [2.24, 2.45) is 0 Å². The van der Waals surface area contributed by atoms with Crippen LogP contribution in [0.5, 0.6) is 0 Å². The molecule has 1 atom stereocenters. The van der Waals surface area contributed by atoms with E-state index < -0.39 is 9.84 Å². The molecule has 4 nitrogen and oxygen atoms in total. The molecule has 0 saturated carbocycles. The van der Waals surface area contributed by atoms with E-state index in [0.717, 1.165) is 6.42 Å². The maximum Gasteiger partial charge on any atom is 0.150 e. The second kappa shape index (κ2) is 9.22. The lowest BCUT2D eigenvalue weighted by Crippen LogP contribution is -2.35. The Morgan fingerprint density at radius 1 is 1.44 bits per heavy atom. The number of ether oxygens (including phenoxy) is 1. The van der Waals surface area contributed by atoms with Crippen molar-refractivity contribution >= 4 is 21.4 Å². The van der Waals surface area contributed by atoms with E-state index in [1.165, 1.54) is 0 Å². The lowest BCUT2D eigenvalue weighted by molar-refractivity contribution is 0.165. The molecule has 0 aliphatic carbocycles. The Bertz CT molecular complexity index is 251. The predicted octanol–water partition coefficient (Wildman–Crippen LogP) is 1.04. The zero-order chi connectivity index (χ0) is 12.4. The van der Waals surface area contributed by atoms with E-state index in [-0.39, 0.29) is 17.5 Å². The van der Waals surface area contributed by atoms with Crippen LogP contribution in [-0.4, -0.2) is 52.1 Å². The minimum absolute atomic E-state index is 0.215. The minimum Gasteiger partial charge on any atom is -0.383 e. The number of rotatable bonds is 10. The standard InChI is InChI=1S/C10H22ClNO3S/c1-3-16(13,14)8-4-7-12-10(5-6-11)9-15-2/h10,12H,3-9H2,1-2H3. The van der Waals surface area contributed by atoms with E-state index in [1.807, 2.05) is 0 Å². The third-order valence-electron chi connectivity index (χ3n) is 2.33. The van der Waals surface area contributed by atoms with Gasteiger partial charge in [-0.25, -0.2) is 8.42 Å². The fraction of sp³-hybridized carbons (Fsp3) is 1.00. The van der Waals surface area contributed by atoms with E-state index in [2.05, 4.69) is 5.32 Å². The molecule has 0 saturated heterocycles. The molecule has 0 heterocycles. The molecule has 0 aromatic rings. The van der Waals surface area contributed by atoms with Crippen molar-refractivity contribution in [2.75, 3.05) is 37.6 Å². The smallest absolute Gasteiger partial charge is 0.150 e. The lowest BCUT2D eigenvalue weighted by atomic mass is 10.2. The van der Waals surface area contributed by atoms with Gasteiger partial charge in [0.1, 0.15) is 9.84 Å². The van der Waals surface area contributed by atoms with Gasteiger partial charge in [-0.1, -0.05) is 6.92 Å². The molecule has 0 aliphatic rings. The highest BCUT2D eigenvalue weighted by Crippen LogP contribution is 1.97. The summed E-state index contributed by atoms with van der Waals surface area (Å²) < 4.78 is 27.5. The van der Waals surface area contributed by atoms with Crippen molar-refractivity contribution in [1.82, 2.24) is 5.32 Å². The van der Waals surface area contributed by atoms with Crippen molar-refractivity contribution in [1.29, 1.82) is 0 Å². The van der Waals surface area contributed by atoms with Crippen LogP contribution in [0.15, 0.2) is 0 Å². The Hall–Kier alpha value is 0.160. The average molecular weight is 272 g/mol. The van der Waals surface area contributed by atoms with Gasteiger partial charge in [0.05, 0.1) is 12.4 Å². The molecule has 6 heteroatoms. The van der Waals surface area contributed by atoms with Crippen LogP contribution in [-0.2, 0) is 14.6 Å². The summed E-state index contributed by atoms with van der Waals surface area (Å²) in [6.45, 7) is 2.96. The van der Waals surface area contributed by atoms with Crippen LogP contribution in [0.3, 0.4) is 0 Å². The topological polar surface area (TPSA) is 55.4 Å². The van der Waals surface area contributed by atoms with Crippen molar-refractivity contribution < 1.29 is 13.2 Å². The van der Waals surface area contributed by atoms with Crippen LogP contribution in [0.2, 0.25) is 0 Å². The van der Waals surface area contributed by atoms with Crippen molar-refractivity contribution in [2.45, 2.75) is 25.8 Å². The summed E-state index contributed by atoms with van der Waals surface area (Å²) in [5, 5.41) is 3.24. The molecule has 0 rings (SSSR count). The highest BCUT2D eigenvalue weighted by molar-refractivity contribution is 7.91. The number of hydrogen-bond acceptors (Lipinski definition) is 4. The SMILES string of the molecule is CCS(=O)(=O)CCCNC(CCCl)COC. The van der Waals surface area contributed by atoms with Gasteiger partial charge in [-0.15, -0.1) is 11.6 Å². The third kappa shape index (κ3) is 8.33. The van der Waals surface area contributed by atoms with Crippen molar-refractivity contribution in [3.8, 4) is 0 Å². The van der Waals surface area contributed by atoms with E-state index in [0.29, 0.717) is 25.5 Å². The number of halogens is 1. The average Bonchev–Trinajstić information content (AvgIpc) is 2.25. The molecular weight excluding hydrogens is 250 g/mol. The molecule has 0 aromatic carbocycles. The largest absolute Gasteiger partial charge is 0.383 e. The number of sulfone groups is 1. The van der Waals surface area contributed by atoms with E-state index in [9.17, 15) is 8.42 Å². The first kappa shape index (κ1) is 16.2. The maximum atomic E-state index is 11.2. The molecule has 0 aliphatic heterocycles. The lowest BCUT2D eigenvalue weighted by Gasteiger charge is -2.16. The van der Waals surface area contributed by atoms with Crippen LogP contribution in [0.4, 0.5) is 0 Å². The normalized spacial score (nSPS) is 13.9. The Labute approximate surface area is 104 Å². The molecule has 0 aromatic heterocycles. The van der Waals surface area contributed by atoms with Gasteiger partial charge in [-0.05, 0) is 19.4 Å². The summed E-state index contributed by atoms with van der Waals surface area (Å²) in [5.41, 5.74) is 0. The van der Waals surface area contributed by atoms with Gasteiger partial charge in [0.2, 0.25) is 0 Å². The van der Waals surface area contributed by atoms with E-state index in [1.54, 1.807) is 14.0 Å². The fourth-order valence-corrected chi connectivity index (χ4v) is 2.46. The van der Waals surface area contributed by atoms with Crippen molar-refractivity contribution in [3.63, 3.8) is 0 Å². The zero-order valence-corrected chi connectivity index (χ0v) is 11.6. The molecule has 0 bridgehead atoms. The third-order valence-corrected chi connectivity index (χ3v) is 4.34. The summed E-state index contributed by atoms with van der Waals surface area (Å²) in [6.07, 6.45) is 1.47. The van der Waals surface area contributed by atoms with E-state index >= 15 is 0 Å². The molecule has 0 amide bonds. The molecule has 0 radical (unpaired) electrons. The Morgan fingerprint density at radius 2 is 2.12 bits per heavy atom. The second-order valence-corrected chi connectivity index (χ2v) is 6.52. The molecule has 0 spiro atoms. The monoisotopic (exact) mass is 271 g/mol. The van der Waals surface area contributed by atoms with Gasteiger partial charge in [-0.3, -0.25) is 0 Å². The number of methoxy groups -OCH3 is 1. The molecule has 98 valence electrons. The predicted molar refractivity (Wildman–Crippen MR) is 67.9 cm³/mol. The van der Waals surface area contributed by atoms with Gasteiger partial charge >= 0.3 is 0 Å². The summed E-state index contributed by atoms with van der Waals surface area (Å²) in [4.78, 5) is 0. The number of nitrogens with one attached hydrogen (secondary N) is 1. The zero-order valence-electron chi connectivity index (χ0n) is 10.0. The van der Waals surface area contributed by atoms with Gasteiger partial charge in [0.25, 0.3) is 0 Å². The summed E-state index contributed by atoms with van der Waals surface area (Å²) in [7, 11) is -1.20. The van der Waals surface area contributed by atoms with Crippen LogP contribution >= 0.6 is 11.6 Å². The van der Waals surface area contributed by atoms with Gasteiger partial charge in [0, 0.05) is 24.8 Å². The van der Waals surface area contributed by atoms with Crippen LogP contribution in [0, 0.1) is 0 Å². The van der Waals surface area contributed by atoms with Gasteiger partial charge in [0.15, 0.2) is 0 Å². The molecule has 16 heavy (non-hydrogen) atoms. The fourth-order valence-electron chi connectivity index (χ4n) is 1.32. The van der Waals surface area contributed by atoms with Crippen molar-refractivity contribution in [3.05, 3.63) is 0 Å². The van der Waals surface area contributed by atoms with E-state index in [4.69, 9.17) is 16.3 Å². The first-order chi connectivity index (χ1) is 7.55. The first-order valence-electron chi connectivity index (χ1n) is 5.54. The number of hydrogen-bond donors (Lipinski definition) is 1. The summed E-state index contributed by atoms with van der Waals surface area (Å²) >= 11 is 5.65. The quantitative estimate of drug-likeness (QED) is 0.477. The molecule has 0 fully saturated rings. The highest BCUT2D eigenvalue weighted by atomic mass is 35.5. The second-order valence-electron chi connectivity index (χ2n) is 3.67. The van der Waals surface area contributed by atoms with Gasteiger partial charge < -0.3 is 10.1 Å². The molecular formula is C10H22ClNO3S. The summed E-state index contributed by atoms with van der Waals surface area (Å²) in [6, 6.07) is 0.215. The van der Waals surface area contributed by atoms with Crippen LogP contribution in [0.1, 0.15) is 19.8 Å². The minimum atomic E-state index is -2.84. The first-order valence-corrected chi connectivity index (χ1v) is 7.90. The summed E-state index contributed by atoms with van der Waals surface area (Å²) in [5.74, 6) is 1.04. The Balaban J connectivity index is 3.69. The number of alkyl halides is 1.